The zero-order valence-corrected chi connectivity index (χ0v) is 15.7. The number of hydrogen-bond acceptors (Lipinski definition) is 4. The Morgan fingerprint density at radius 2 is 1.90 bits per heavy atom. The second kappa shape index (κ2) is 7.02. The molecular formula is C16H30IN3O. The van der Waals surface area contributed by atoms with Gasteiger partial charge in [-0.1, -0.05) is 13.8 Å². The summed E-state index contributed by atoms with van der Waals surface area (Å²) in [5.41, 5.74) is -0.519. The fourth-order valence-corrected chi connectivity index (χ4v) is 3.82. The van der Waals surface area contributed by atoms with Gasteiger partial charge in [-0.05, 0) is 50.4 Å². The molecule has 0 radical (unpaired) electrons. The first-order chi connectivity index (χ1) is 9.56. The average Bonchev–Trinajstić information content (AvgIpc) is 2.83. The van der Waals surface area contributed by atoms with Gasteiger partial charge < -0.3 is 15.3 Å². The minimum atomic E-state index is -0.519. The Hall–Kier alpha value is -0.0400. The van der Waals surface area contributed by atoms with E-state index in [1.165, 1.54) is 12.8 Å². The van der Waals surface area contributed by atoms with Gasteiger partial charge in [-0.2, -0.15) is 0 Å². The van der Waals surface area contributed by atoms with Gasteiger partial charge in [-0.3, -0.25) is 4.99 Å². The van der Waals surface area contributed by atoms with Crippen LogP contribution in [0.25, 0.3) is 0 Å². The molecule has 2 unspecified atom stereocenters. The van der Waals surface area contributed by atoms with Crippen molar-refractivity contribution in [2.45, 2.75) is 64.0 Å². The fraction of sp³-hybridized carbons (Fsp3) is 0.938. The zero-order chi connectivity index (χ0) is 14.2. The Kier molecular flexibility index (Phi) is 5.79. The van der Waals surface area contributed by atoms with Crippen LogP contribution in [0.4, 0.5) is 0 Å². The third-order valence-corrected chi connectivity index (χ3v) is 5.45. The van der Waals surface area contributed by atoms with Crippen molar-refractivity contribution in [2.24, 2.45) is 16.8 Å². The molecule has 4 nitrogen and oxygen atoms in total. The Balaban J connectivity index is 0.00000161. The molecule has 0 aromatic rings. The molecule has 2 fully saturated rings. The van der Waals surface area contributed by atoms with Gasteiger partial charge in [0, 0.05) is 13.1 Å². The second-order valence-electron chi connectivity index (χ2n) is 7.41. The summed E-state index contributed by atoms with van der Waals surface area (Å²) in [6.45, 7) is 7.32. The molecule has 0 bridgehead atoms. The first-order valence-corrected chi connectivity index (χ1v) is 8.33. The molecule has 21 heavy (non-hydrogen) atoms. The SMILES string of the molecule is CC1CCC(O)(CNC2=NCC3CCC(C)CN23)CC1.I. The van der Waals surface area contributed by atoms with Gasteiger partial charge in [-0.15, -0.1) is 24.0 Å². The minimum Gasteiger partial charge on any atom is -0.388 e. The van der Waals surface area contributed by atoms with Crippen LogP contribution in [0.15, 0.2) is 4.99 Å². The third-order valence-electron chi connectivity index (χ3n) is 5.45. The Labute approximate surface area is 145 Å². The van der Waals surface area contributed by atoms with Crippen molar-refractivity contribution < 1.29 is 5.11 Å². The zero-order valence-electron chi connectivity index (χ0n) is 13.3. The van der Waals surface area contributed by atoms with Crippen molar-refractivity contribution in [3.05, 3.63) is 0 Å². The molecule has 0 aromatic heterocycles. The van der Waals surface area contributed by atoms with E-state index in [4.69, 9.17) is 0 Å². The minimum absolute atomic E-state index is 0. The van der Waals surface area contributed by atoms with Crippen LogP contribution < -0.4 is 5.32 Å². The first kappa shape index (κ1) is 17.3. The average molecular weight is 407 g/mol. The van der Waals surface area contributed by atoms with E-state index in [1.54, 1.807) is 0 Å². The quantitative estimate of drug-likeness (QED) is 0.692. The smallest absolute Gasteiger partial charge is 0.194 e. The first-order valence-electron chi connectivity index (χ1n) is 8.33. The molecule has 3 rings (SSSR count). The molecule has 0 amide bonds. The van der Waals surface area contributed by atoms with E-state index in [-0.39, 0.29) is 24.0 Å². The lowest BCUT2D eigenvalue weighted by molar-refractivity contribution is -0.00320. The summed E-state index contributed by atoms with van der Waals surface area (Å²) in [5, 5.41) is 14.1. The second-order valence-corrected chi connectivity index (χ2v) is 7.41. The summed E-state index contributed by atoms with van der Waals surface area (Å²) >= 11 is 0. The maximum atomic E-state index is 10.7. The summed E-state index contributed by atoms with van der Waals surface area (Å²) in [6.07, 6.45) is 6.73. The van der Waals surface area contributed by atoms with Crippen molar-refractivity contribution in [2.75, 3.05) is 19.6 Å². The molecule has 2 N–H and O–H groups in total. The molecule has 0 aromatic carbocycles. The van der Waals surface area contributed by atoms with Gasteiger partial charge in [0.1, 0.15) is 0 Å². The van der Waals surface area contributed by atoms with E-state index < -0.39 is 5.60 Å². The maximum Gasteiger partial charge on any atom is 0.194 e. The van der Waals surface area contributed by atoms with E-state index in [2.05, 4.69) is 29.1 Å². The fourth-order valence-electron chi connectivity index (χ4n) is 3.82. The highest BCUT2D eigenvalue weighted by atomic mass is 127. The van der Waals surface area contributed by atoms with Crippen LogP contribution in [-0.4, -0.2) is 47.2 Å². The highest BCUT2D eigenvalue weighted by Gasteiger charge is 2.35. The van der Waals surface area contributed by atoms with Crippen molar-refractivity contribution in [3.8, 4) is 0 Å². The van der Waals surface area contributed by atoms with Crippen molar-refractivity contribution >= 4 is 29.9 Å². The van der Waals surface area contributed by atoms with Gasteiger partial charge >= 0.3 is 0 Å². The third kappa shape index (κ3) is 4.03. The monoisotopic (exact) mass is 407 g/mol. The van der Waals surface area contributed by atoms with E-state index in [0.29, 0.717) is 12.6 Å². The number of aliphatic imine (C=N–C) groups is 1. The number of nitrogens with zero attached hydrogens (tertiary/aromatic N) is 2. The van der Waals surface area contributed by atoms with Crippen LogP contribution in [0, 0.1) is 11.8 Å². The number of guanidine groups is 1. The van der Waals surface area contributed by atoms with Crippen LogP contribution >= 0.6 is 24.0 Å². The molecule has 0 spiro atoms. The number of hydrogen-bond donors (Lipinski definition) is 2. The molecule has 1 saturated carbocycles. The predicted molar refractivity (Wildman–Crippen MR) is 97.2 cm³/mol. The molecule has 3 aliphatic rings. The Morgan fingerprint density at radius 3 is 2.62 bits per heavy atom. The summed E-state index contributed by atoms with van der Waals surface area (Å²) in [4.78, 5) is 7.10. The van der Waals surface area contributed by atoms with Crippen LogP contribution in [0.3, 0.4) is 0 Å². The molecule has 2 aliphatic heterocycles. The Bertz CT molecular complexity index is 380. The lowest BCUT2D eigenvalue weighted by Crippen LogP contribution is -2.52. The van der Waals surface area contributed by atoms with E-state index in [9.17, 15) is 5.11 Å². The van der Waals surface area contributed by atoms with Crippen LogP contribution in [0.5, 0.6) is 0 Å². The molecule has 5 heteroatoms. The van der Waals surface area contributed by atoms with E-state index >= 15 is 0 Å². The predicted octanol–water partition coefficient (Wildman–Crippen LogP) is 2.61. The number of rotatable bonds is 2. The largest absolute Gasteiger partial charge is 0.388 e. The number of aliphatic hydroxyl groups is 1. The lowest BCUT2D eigenvalue weighted by Gasteiger charge is -2.38. The topological polar surface area (TPSA) is 47.9 Å². The molecule has 2 atom stereocenters. The highest BCUT2D eigenvalue weighted by molar-refractivity contribution is 14.0. The highest BCUT2D eigenvalue weighted by Crippen LogP contribution is 2.31. The Morgan fingerprint density at radius 1 is 1.19 bits per heavy atom. The van der Waals surface area contributed by atoms with E-state index in [1.807, 2.05) is 0 Å². The summed E-state index contributed by atoms with van der Waals surface area (Å²) in [7, 11) is 0. The van der Waals surface area contributed by atoms with Crippen LogP contribution in [0.2, 0.25) is 0 Å². The molecule has 1 aliphatic carbocycles. The number of piperidine rings is 1. The summed E-state index contributed by atoms with van der Waals surface area (Å²) in [6, 6.07) is 0.606. The van der Waals surface area contributed by atoms with Crippen LogP contribution in [0.1, 0.15) is 52.4 Å². The lowest BCUT2D eigenvalue weighted by atomic mass is 9.79. The summed E-state index contributed by atoms with van der Waals surface area (Å²) < 4.78 is 0. The van der Waals surface area contributed by atoms with Crippen molar-refractivity contribution in [3.63, 3.8) is 0 Å². The number of nitrogens with one attached hydrogen (secondary N) is 1. The van der Waals surface area contributed by atoms with Gasteiger partial charge in [0.2, 0.25) is 0 Å². The van der Waals surface area contributed by atoms with Crippen molar-refractivity contribution in [1.82, 2.24) is 10.2 Å². The van der Waals surface area contributed by atoms with Crippen LogP contribution in [-0.2, 0) is 0 Å². The van der Waals surface area contributed by atoms with E-state index in [0.717, 1.165) is 56.6 Å². The van der Waals surface area contributed by atoms with Gasteiger partial charge in [0.25, 0.3) is 0 Å². The molecule has 2 heterocycles. The van der Waals surface area contributed by atoms with Gasteiger partial charge in [-0.25, -0.2) is 0 Å². The maximum absolute atomic E-state index is 10.7. The molecular weight excluding hydrogens is 377 g/mol. The molecule has 122 valence electrons. The standard InChI is InChI=1S/C16H29N3O.HI/c1-12-5-7-16(20,8-6-12)11-18-15-17-9-14-4-3-13(2)10-19(14)15;/h12-14,20H,3-11H2,1-2H3,(H,17,18);1H. The summed E-state index contributed by atoms with van der Waals surface area (Å²) in [5.74, 6) is 2.56. The number of halogens is 1. The van der Waals surface area contributed by atoms with Gasteiger partial charge in [0.15, 0.2) is 5.96 Å². The normalized spacial score (nSPS) is 39.3. The van der Waals surface area contributed by atoms with Gasteiger partial charge in [0.05, 0.1) is 18.2 Å². The number of fused-ring (bicyclic) bond motifs is 1. The molecule has 1 saturated heterocycles. The van der Waals surface area contributed by atoms with Crippen molar-refractivity contribution in [1.29, 1.82) is 0 Å².